The molecule has 0 aromatic carbocycles. The van der Waals surface area contributed by atoms with Gasteiger partial charge in [-0.1, -0.05) is 58.3 Å². The predicted molar refractivity (Wildman–Crippen MR) is 86.8 cm³/mol. The van der Waals surface area contributed by atoms with E-state index < -0.39 is 0 Å². The van der Waals surface area contributed by atoms with E-state index in [1.165, 1.54) is 57.8 Å². The standard InChI is InChI=1S/C17H33N3/c1-4-5-6-7-8-9-10-11-12-13-17-19-15(2)14-20(17)16(3)18/h14,16H,4-13,18H2,1-3H3. The third-order valence-corrected chi connectivity index (χ3v) is 3.87. The Balaban J connectivity index is 2.09. The third-order valence-electron chi connectivity index (χ3n) is 3.87. The lowest BCUT2D eigenvalue weighted by molar-refractivity contribution is 0.523. The molecule has 1 aromatic rings. The molecule has 1 atom stereocenters. The normalized spacial score (nSPS) is 12.8. The number of aromatic nitrogens is 2. The number of rotatable bonds is 11. The first kappa shape index (κ1) is 17.2. The molecule has 1 unspecified atom stereocenters. The van der Waals surface area contributed by atoms with Gasteiger partial charge in [0.25, 0.3) is 0 Å². The van der Waals surface area contributed by atoms with Crippen molar-refractivity contribution in [2.75, 3.05) is 0 Å². The van der Waals surface area contributed by atoms with Crippen molar-refractivity contribution in [2.24, 2.45) is 5.73 Å². The van der Waals surface area contributed by atoms with Crippen molar-refractivity contribution in [3.63, 3.8) is 0 Å². The van der Waals surface area contributed by atoms with Crippen molar-refractivity contribution in [3.05, 3.63) is 17.7 Å². The molecule has 0 saturated carbocycles. The lowest BCUT2D eigenvalue weighted by atomic mass is 10.1. The molecule has 1 heterocycles. The number of unbranched alkanes of at least 4 members (excludes halogenated alkanes) is 8. The maximum atomic E-state index is 5.96. The Morgan fingerprint density at radius 3 is 2.15 bits per heavy atom. The van der Waals surface area contributed by atoms with Crippen LogP contribution in [-0.2, 0) is 6.42 Å². The molecule has 1 aromatic heterocycles. The van der Waals surface area contributed by atoms with Crippen molar-refractivity contribution in [1.29, 1.82) is 0 Å². The fourth-order valence-corrected chi connectivity index (χ4v) is 2.70. The molecule has 3 nitrogen and oxygen atoms in total. The van der Waals surface area contributed by atoms with Gasteiger partial charge in [-0.05, 0) is 20.3 Å². The molecule has 0 aliphatic rings. The largest absolute Gasteiger partial charge is 0.319 e. The van der Waals surface area contributed by atoms with Crippen LogP contribution in [0.25, 0.3) is 0 Å². The highest BCUT2D eigenvalue weighted by molar-refractivity contribution is 5.03. The summed E-state index contributed by atoms with van der Waals surface area (Å²) >= 11 is 0. The zero-order valence-corrected chi connectivity index (χ0v) is 13.7. The fourth-order valence-electron chi connectivity index (χ4n) is 2.70. The van der Waals surface area contributed by atoms with Crippen LogP contribution in [-0.4, -0.2) is 9.55 Å². The molecule has 0 spiro atoms. The third kappa shape index (κ3) is 6.56. The van der Waals surface area contributed by atoms with Gasteiger partial charge in [0.15, 0.2) is 0 Å². The van der Waals surface area contributed by atoms with Gasteiger partial charge in [0.2, 0.25) is 0 Å². The van der Waals surface area contributed by atoms with Gasteiger partial charge in [0, 0.05) is 12.6 Å². The highest BCUT2D eigenvalue weighted by Gasteiger charge is 2.07. The second-order valence-corrected chi connectivity index (χ2v) is 6.02. The highest BCUT2D eigenvalue weighted by Crippen LogP contribution is 2.13. The number of aryl methyl sites for hydroxylation is 2. The van der Waals surface area contributed by atoms with E-state index in [1.807, 2.05) is 13.8 Å². The number of nitrogens with zero attached hydrogens (tertiary/aromatic N) is 2. The van der Waals surface area contributed by atoms with E-state index in [2.05, 4.69) is 22.7 Å². The van der Waals surface area contributed by atoms with Crippen molar-refractivity contribution in [1.82, 2.24) is 9.55 Å². The Kier molecular flexibility index (Phi) is 8.59. The minimum Gasteiger partial charge on any atom is -0.319 e. The second-order valence-electron chi connectivity index (χ2n) is 6.02. The molecule has 0 aliphatic heterocycles. The van der Waals surface area contributed by atoms with Crippen LogP contribution in [0.1, 0.15) is 89.3 Å². The Morgan fingerprint density at radius 1 is 1.05 bits per heavy atom. The summed E-state index contributed by atoms with van der Waals surface area (Å²) in [6.07, 6.45) is 15.5. The average Bonchev–Trinajstić information content (AvgIpc) is 2.78. The molecule has 0 bridgehead atoms. The van der Waals surface area contributed by atoms with Gasteiger partial charge in [-0.25, -0.2) is 4.98 Å². The van der Waals surface area contributed by atoms with Crippen molar-refractivity contribution >= 4 is 0 Å². The molecular formula is C17H33N3. The Bertz CT molecular complexity index is 355. The number of hydrogen-bond donors (Lipinski definition) is 1. The van der Waals surface area contributed by atoms with E-state index in [0.717, 1.165) is 17.9 Å². The van der Waals surface area contributed by atoms with Gasteiger partial charge < -0.3 is 10.3 Å². The monoisotopic (exact) mass is 279 g/mol. The second kappa shape index (κ2) is 9.98. The van der Waals surface area contributed by atoms with E-state index >= 15 is 0 Å². The first-order valence-corrected chi connectivity index (χ1v) is 8.45. The number of hydrogen-bond acceptors (Lipinski definition) is 2. The van der Waals surface area contributed by atoms with E-state index in [-0.39, 0.29) is 6.17 Å². The molecule has 1 rings (SSSR count). The van der Waals surface area contributed by atoms with Gasteiger partial charge in [-0.15, -0.1) is 0 Å². The molecule has 0 fully saturated rings. The van der Waals surface area contributed by atoms with Crippen LogP contribution in [0.3, 0.4) is 0 Å². The number of nitrogens with two attached hydrogens (primary N) is 1. The summed E-state index contributed by atoms with van der Waals surface area (Å²) in [5.41, 5.74) is 7.04. The average molecular weight is 279 g/mol. The first-order valence-electron chi connectivity index (χ1n) is 8.45. The summed E-state index contributed by atoms with van der Waals surface area (Å²) in [5, 5.41) is 0. The van der Waals surface area contributed by atoms with Gasteiger partial charge in [0.1, 0.15) is 5.82 Å². The van der Waals surface area contributed by atoms with Crippen LogP contribution in [0.4, 0.5) is 0 Å². The Hall–Kier alpha value is -0.830. The molecule has 0 saturated heterocycles. The fraction of sp³-hybridized carbons (Fsp3) is 0.824. The van der Waals surface area contributed by atoms with Crippen molar-refractivity contribution in [2.45, 2.75) is 91.1 Å². The molecule has 116 valence electrons. The van der Waals surface area contributed by atoms with Gasteiger partial charge in [0.05, 0.1) is 11.9 Å². The molecule has 20 heavy (non-hydrogen) atoms. The van der Waals surface area contributed by atoms with E-state index in [9.17, 15) is 0 Å². The van der Waals surface area contributed by atoms with E-state index in [0.29, 0.717) is 0 Å². The minimum atomic E-state index is 0.0322. The summed E-state index contributed by atoms with van der Waals surface area (Å²) < 4.78 is 2.11. The first-order chi connectivity index (χ1) is 9.65. The smallest absolute Gasteiger partial charge is 0.110 e. The van der Waals surface area contributed by atoms with E-state index in [1.54, 1.807) is 0 Å². The molecular weight excluding hydrogens is 246 g/mol. The lowest BCUT2D eigenvalue weighted by Crippen LogP contribution is -2.16. The zero-order chi connectivity index (χ0) is 14.8. The summed E-state index contributed by atoms with van der Waals surface area (Å²) in [6.45, 7) is 6.33. The molecule has 0 aliphatic carbocycles. The Labute approximate surface area is 125 Å². The quantitative estimate of drug-likeness (QED) is 0.594. The topological polar surface area (TPSA) is 43.8 Å². The Morgan fingerprint density at radius 2 is 1.60 bits per heavy atom. The molecule has 2 N–H and O–H groups in total. The molecule has 0 amide bonds. The van der Waals surface area contributed by atoms with Crippen LogP contribution in [0.5, 0.6) is 0 Å². The number of imidazole rings is 1. The molecule has 3 heteroatoms. The van der Waals surface area contributed by atoms with Crippen molar-refractivity contribution < 1.29 is 0 Å². The van der Waals surface area contributed by atoms with Crippen LogP contribution >= 0.6 is 0 Å². The van der Waals surface area contributed by atoms with E-state index in [4.69, 9.17) is 5.73 Å². The minimum absolute atomic E-state index is 0.0322. The summed E-state index contributed by atoms with van der Waals surface area (Å²) in [7, 11) is 0. The van der Waals surface area contributed by atoms with Crippen LogP contribution in [0.15, 0.2) is 6.20 Å². The summed E-state index contributed by atoms with van der Waals surface area (Å²) in [4.78, 5) is 4.58. The predicted octanol–water partition coefficient (Wildman–Crippen LogP) is 4.74. The van der Waals surface area contributed by atoms with Crippen molar-refractivity contribution in [3.8, 4) is 0 Å². The van der Waals surface area contributed by atoms with Gasteiger partial charge >= 0.3 is 0 Å². The SMILES string of the molecule is CCCCCCCCCCCc1nc(C)cn1C(C)N. The molecule has 0 radical (unpaired) electrons. The highest BCUT2D eigenvalue weighted by atomic mass is 15.1. The maximum Gasteiger partial charge on any atom is 0.110 e. The zero-order valence-electron chi connectivity index (χ0n) is 13.7. The lowest BCUT2D eigenvalue weighted by Gasteiger charge is -2.11. The summed E-state index contributed by atoms with van der Waals surface area (Å²) in [6, 6.07) is 0. The van der Waals surface area contributed by atoms with Crippen LogP contribution < -0.4 is 5.73 Å². The van der Waals surface area contributed by atoms with Crippen LogP contribution in [0, 0.1) is 6.92 Å². The van der Waals surface area contributed by atoms with Gasteiger partial charge in [-0.3, -0.25) is 0 Å². The summed E-state index contributed by atoms with van der Waals surface area (Å²) in [5.74, 6) is 1.15. The van der Waals surface area contributed by atoms with Gasteiger partial charge in [-0.2, -0.15) is 0 Å². The van der Waals surface area contributed by atoms with Crippen LogP contribution in [0.2, 0.25) is 0 Å². The maximum absolute atomic E-state index is 5.96.